The largest absolute Gasteiger partial charge is 0.497 e. The predicted octanol–water partition coefficient (Wildman–Crippen LogP) is 5.44. The molecule has 8 nitrogen and oxygen atoms in total. The standard InChI is InChI=1S/C32H35FN4O4/c1-40-24-8-6-21(7-9-24)18-37-20-32(12-14-36(15-13-32)31(39)34-23-5-3-4-22(33)16-23)29-26-11-10-25(41-2)17-27(26)35-30(29)28(37)19-38/h3-11,16-17,28,35,38H,12-15,18-20H2,1-2H3,(H,34,39)/t28-/m0/s1. The Bertz CT molecular complexity index is 1550. The summed E-state index contributed by atoms with van der Waals surface area (Å²) in [5.74, 6) is 1.18. The number of fused-ring (bicyclic) bond motifs is 4. The van der Waals surface area contributed by atoms with Crippen LogP contribution in [-0.4, -0.2) is 66.4 Å². The molecule has 3 N–H and O–H groups in total. The number of H-pyrrole nitrogens is 1. The van der Waals surface area contributed by atoms with Crippen LogP contribution < -0.4 is 14.8 Å². The minimum absolute atomic E-state index is 0.0225. The molecule has 6 rings (SSSR count). The molecular weight excluding hydrogens is 523 g/mol. The molecular formula is C32H35FN4O4. The summed E-state index contributed by atoms with van der Waals surface area (Å²) in [6, 6.07) is 19.6. The van der Waals surface area contributed by atoms with Crippen LogP contribution in [0.4, 0.5) is 14.9 Å². The van der Waals surface area contributed by atoms with E-state index in [1.807, 2.05) is 24.3 Å². The van der Waals surface area contributed by atoms with Crippen LogP contribution >= 0.6 is 0 Å². The number of methoxy groups -OCH3 is 2. The van der Waals surface area contributed by atoms with Crippen molar-refractivity contribution in [2.75, 3.05) is 45.8 Å². The van der Waals surface area contributed by atoms with Crippen molar-refractivity contribution in [3.05, 3.63) is 89.4 Å². The molecule has 3 aromatic carbocycles. The number of rotatable bonds is 6. The van der Waals surface area contributed by atoms with Gasteiger partial charge in [0.1, 0.15) is 17.3 Å². The van der Waals surface area contributed by atoms with E-state index in [1.165, 1.54) is 17.7 Å². The second-order valence-corrected chi connectivity index (χ2v) is 11.0. The number of likely N-dealkylation sites (tertiary alicyclic amines) is 1. The zero-order valence-electron chi connectivity index (χ0n) is 23.3. The molecule has 0 aliphatic carbocycles. The van der Waals surface area contributed by atoms with Crippen LogP contribution in [0.5, 0.6) is 11.5 Å². The van der Waals surface area contributed by atoms with Crippen molar-refractivity contribution >= 4 is 22.6 Å². The topological polar surface area (TPSA) is 90.1 Å². The lowest BCUT2D eigenvalue weighted by atomic mass is 9.68. The Morgan fingerprint density at radius 3 is 2.46 bits per heavy atom. The third kappa shape index (κ3) is 5.11. The van der Waals surface area contributed by atoms with E-state index in [-0.39, 0.29) is 29.9 Å². The molecule has 9 heteroatoms. The smallest absolute Gasteiger partial charge is 0.321 e. The molecule has 1 atom stereocenters. The number of hydrogen-bond acceptors (Lipinski definition) is 5. The van der Waals surface area contributed by atoms with Gasteiger partial charge < -0.3 is 29.8 Å². The SMILES string of the molecule is COc1ccc(CN2CC3(CCN(C(=O)Nc4cccc(F)c4)CC3)c3c([nH]c4cc(OC)ccc34)[C@@H]2CO)cc1. The summed E-state index contributed by atoms with van der Waals surface area (Å²) < 4.78 is 24.5. The maximum absolute atomic E-state index is 13.7. The van der Waals surface area contributed by atoms with E-state index in [2.05, 4.69) is 33.4 Å². The number of benzene rings is 3. The molecule has 1 aromatic heterocycles. The number of aromatic nitrogens is 1. The number of carbonyl (C=O) groups is 1. The molecule has 2 amide bonds. The summed E-state index contributed by atoms with van der Waals surface area (Å²) in [4.78, 5) is 20.9. The normalized spacial score (nSPS) is 18.3. The highest BCUT2D eigenvalue weighted by Gasteiger charge is 2.47. The van der Waals surface area contributed by atoms with Crippen molar-refractivity contribution in [2.45, 2.75) is 30.8 Å². The first-order chi connectivity index (χ1) is 19.9. The number of aliphatic hydroxyl groups excluding tert-OH is 1. The molecule has 0 radical (unpaired) electrons. The highest BCUT2D eigenvalue weighted by Crippen LogP contribution is 2.49. The summed E-state index contributed by atoms with van der Waals surface area (Å²) in [6.07, 6.45) is 1.51. The fraction of sp³-hybridized carbons (Fsp3) is 0.344. The number of urea groups is 1. The fourth-order valence-corrected chi connectivity index (χ4v) is 6.56. The molecule has 1 saturated heterocycles. The van der Waals surface area contributed by atoms with E-state index in [0.29, 0.717) is 25.3 Å². The van der Waals surface area contributed by atoms with Gasteiger partial charge in [-0.25, -0.2) is 9.18 Å². The molecule has 214 valence electrons. The average molecular weight is 559 g/mol. The molecule has 0 saturated carbocycles. The number of carbonyl (C=O) groups excluding carboxylic acids is 1. The molecule has 41 heavy (non-hydrogen) atoms. The van der Waals surface area contributed by atoms with Gasteiger partial charge in [0.15, 0.2) is 0 Å². The Labute approximate surface area is 238 Å². The number of nitrogens with one attached hydrogen (secondary N) is 2. The van der Waals surface area contributed by atoms with Gasteiger partial charge in [0, 0.05) is 59.9 Å². The number of amides is 2. The number of ether oxygens (including phenoxy) is 2. The highest BCUT2D eigenvalue weighted by molar-refractivity contribution is 5.90. The predicted molar refractivity (Wildman–Crippen MR) is 156 cm³/mol. The number of nitrogens with zero attached hydrogens (tertiary/aromatic N) is 2. The Balaban J connectivity index is 1.32. The minimum atomic E-state index is -0.388. The average Bonchev–Trinajstić information content (AvgIpc) is 3.37. The Morgan fingerprint density at radius 1 is 1.05 bits per heavy atom. The fourth-order valence-electron chi connectivity index (χ4n) is 6.56. The third-order valence-corrected chi connectivity index (χ3v) is 8.65. The van der Waals surface area contributed by atoms with Gasteiger partial charge in [-0.2, -0.15) is 0 Å². The number of aromatic amines is 1. The van der Waals surface area contributed by atoms with Gasteiger partial charge >= 0.3 is 6.03 Å². The first kappa shape index (κ1) is 27.1. The minimum Gasteiger partial charge on any atom is -0.497 e. The lowest BCUT2D eigenvalue weighted by Gasteiger charge is -2.50. The number of aliphatic hydroxyl groups is 1. The zero-order valence-corrected chi connectivity index (χ0v) is 23.3. The summed E-state index contributed by atoms with van der Waals surface area (Å²) >= 11 is 0. The Kier molecular flexibility index (Phi) is 7.32. The Morgan fingerprint density at radius 2 is 1.78 bits per heavy atom. The maximum atomic E-state index is 13.7. The second kappa shape index (κ2) is 11.1. The number of halogens is 1. The van der Waals surface area contributed by atoms with Crippen LogP contribution in [0.3, 0.4) is 0 Å². The van der Waals surface area contributed by atoms with E-state index in [9.17, 15) is 14.3 Å². The van der Waals surface area contributed by atoms with Crippen molar-refractivity contribution < 1.29 is 23.8 Å². The van der Waals surface area contributed by atoms with Gasteiger partial charge in [-0.3, -0.25) is 4.90 Å². The quantitative estimate of drug-likeness (QED) is 0.293. The zero-order chi connectivity index (χ0) is 28.6. The van der Waals surface area contributed by atoms with Crippen molar-refractivity contribution in [3.8, 4) is 11.5 Å². The lowest BCUT2D eigenvalue weighted by Crippen LogP contribution is -2.54. The van der Waals surface area contributed by atoms with Crippen molar-refractivity contribution in [3.63, 3.8) is 0 Å². The van der Waals surface area contributed by atoms with Gasteiger partial charge in [0.05, 0.1) is 26.9 Å². The number of piperidine rings is 1. The van der Waals surface area contributed by atoms with Crippen LogP contribution in [0.25, 0.3) is 10.9 Å². The number of hydrogen-bond donors (Lipinski definition) is 3. The summed E-state index contributed by atoms with van der Waals surface area (Å²) in [6.45, 7) is 2.51. The van der Waals surface area contributed by atoms with Crippen LogP contribution in [0.1, 0.15) is 35.7 Å². The maximum Gasteiger partial charge on any atom is 0.321 e. The van der Waals surface area contributed by atoms with Gasteiger partial charge in [0.25, 0.3) is 0 Å². The third-order valence-electron chi connectivity index (χ3n) is 8.65. The molecule has 0 unspecified atom stereocenters. The molecule has 1 fully saturated rings. The first-order valence-electron chi connectivity index (χ1n) is 13.9. The van der Waals surface area contributed by atoms with Gasteiger partial charge in [-0.15, -0.1) is 0 Å². The van der Waals surface area contributed by atoms with E-state index >= 15 is 0 Å². The molecule has 3 heterocycles. The van der Waals surface area contributed by atoms with Crippen molar-refractivity contribution in [2.24, 2.45) is 0 Å². The highest BCUT2D eigenvalue weighted by atomic mass is 19.1. The van der Waals surface area contributed by atoms with E-state index in [0.717, 1.165) is 53.0 Å². The van der Waals surface area contributed by atoms with Crippen LogP contribution in [-0.2, 0) is 12.0 Å². The summed E-state index contributed by atoms with van der Waals surface area (Å²) in [5.41, 5.74) is 4.57. The van der Waals surface area contributed by atoms with E-state index < -0.39 is 0 Å². The van der Waals surface area contributed by atoms with Crippen molar-refractivity contribution in [1.29, 1.82) is 0 Å². The van der Waals surface area contributed by atoms with Gasteiger partial charge in [0.2, 0.25) is 0 Å². The Hall–Kier alpha value is -4.08. The molecule has 4 aromatic rings. The summed E-state index contributed by atoms with van der Waals surface area (Å²) in [7, 11) is 3.31. The number of anilines is 1. The molecule has 2 aliphatic rings. The summed E-state index contributed by atoms with van der Waals surface area (Å²) in [5, 5.41) is 14.6. The van der Waals surface area contributed by atoms with E-state index in [1.54, 1.807) is 31.3 Å². The van der Waals surface area contributed by atoms with Crippen molar-refractivity contribution in [1.82, 2.24) is 14.8 Å². The van der Waals surface area contributed by atoms with Crippen LogP contribution in [0, 0.1) is 5.82 Å². The first-order valence-corrected chi connectivity index (χ1v) is 13.9. The van der Waals surface area contributed by atoms with E-state index in [4.69, 9.17) is 9.47 Å². The second-order valence-electron chi connectivity index (χ2n) is 11.0. The lowest BCUT2D eigenvalue weighted by molar-refractivity contribution is 0.0495. The van der Waals surface area contributed by atoms with Crippen LogP contribution in [0.15, 0.2) is 66.7 Å². The van der Waals surface area contributed by atoms with Crippen LogP contribution in [0.2, 0.25) is 0 Å². The molecule has 2 aliphatic heterocycles. The monoisotopic (exact) mass is 558 g/mol. The molecule has 1 spiro atoms. The van der Waals surface area contributed by atoms with Gasteiger partial charge in [-0.05, 0) is 66.4 Å². The molecule has 0 bridgehead atoms. The van der Waals surface area contributed by atoms with Gasteiger partial charge in [-0.1, -0.05) is 18.2 Å².